The minimum absolute atomic E-state index is 0.126. The van der Waals surface area contributed by atoms with E-state index in [9.17, 15) is 4.79 Å². The highest BCUT2D eigenvalue weighted by atomic mass is 79.9. The van der Waals surface area contributed by atoms with Crippen LogP contribution in [0.2, 0.25) is 5.02 Å². The SMILES string of the molecule is O=C(Cc1ccc(Cl)cc1)N(CCBr)Cc1ccccc1. The Morgan fingerprint density at radius 2 is 1.67 bits per heavy atom. The molecule has 0 unspecified atom stereocenters. The Balaban J connectivity index is 2.03. The normalized spacial score (nSPS) is 10.4. The Bertz CT molecular complexity index is 571. The number of hydrogen-bond donors (Lipinski definition) is 0. The molecule has 2 aromatic carbocycles. The molecule has 0 heterocycles. The van der Waals surface area contributed by atoms with Crippen LogP contribution >= 0.6 is 27.5 Å². The highest BCUT2D eigenvalue weighted by Crippen LogP contribution is 2.12. The topological polar surface area (TPSA) is 20.3 Å². The summed E-state index contributed by atoms with van der Waals surface area (Å²) in [7, 11) is 0. The van der Waals surface area contributed by atoms with Gasteiger partial charge in [0.2, 0.25) is 5.91 Å². The van der Waals surface area contributed by atoms with Crippen LogP contribution in [-0.2, 0) is 17.8 Å². The smallest absolute Gasteiger partial charge is 0.227 e. The van der Waals surface area contributed by atoms with Crippen LogP contribution in [-0.4, -0.2) is 22.7 Å². The molecular weight excluding hydrogens is 350 g/mol. The van der Waals surface area contributed by atoms with E-state index in [2.05, 4.69) is 15.9 Å². The van der Waals surface area contributed by atoms with Gasteiger partial charge in [-0.05, 0) is 23.3 Å². The molecule has 21 heavy (non-hydrogen) atoms. The van der Waals surface area contributed by atoms with E-state index in [4.69, 9.17) is 11.6 Å². The van der Waals surface area contributed by atoms with Crippen LogP contribution in [0.1, 0.15) is 11.1 Å². The fourth-order valence-electron chi connectivity index (χ4n) is 2.09. The number of benzene rings is 2. The molecule has 0 aliphatic heterocycles. The number of amides is 1. The molecule has 2 aromatic rings. The summed E-state index contributed by atoms with van der Waals surface area (Å²) in [4.78, 5) is 14.3. The van der Waals surface area contributed by atoms with Crippen molar-refractivity contribution in [2.24, 2.45) is 0 Å². The van der Waals surface area contributed by atoms with Gasteiger partial charge in [0.05, 0.1) is 6.42 Å². The number of alkyl halides is 1. The molecule has 1 amide bonds. The van der Waals surface area contributed by atoms with Crippen LogP contribution in [0.3, 0.4) is 0 Å². The van der Waals surface area contributed by atoms with E-state index in [0.717, 1.165) is 16.5 Å². The van der Waals surface area contributed by atoms with Gasteiger partial charge in [0.15, 0.2) is 0 Å². The minimum atomic E-state index is 0.126. The molecule has 0 N–H and O–H groups in total. The maximum absolute atomic E-state index is 12.5. The molecule has 2 rings (SSSR count). The summed E-state index contributed by atoms with van der Waals surface area (Å²) in [6.45, 7) is 1.33. The number of rotatable bonds is 6. The minimum Gasteiger partial charge on any atom is -0.337 e. The average molecular weight is 367 g/mol. The van der Waals surface area contributed by atoms with Gasteiger partial charge in [0.1, 0.15) is 0 Å². The Labute approximate surface area is 138 Å². The first-order valence-electron chi connectivity index (χ1n) is 6.81. The predicted molar refractivity (Wildman–Crippen MR) is 90.8 cm³/mol. The number of hydrogen-bond acceptors (Lipinski definition) is 1. The molecule has 0 aromatic heterocycles. The summed E-state index contributed by atoms with van der Waals surface area (Å²) >= 11 is 9.28. The van der Waals surface area contributed by atoms with Crippen LogP contribution in [0.4, 0.5) is 0 Å². The van der Waals surface area contributed by atoms with Crippen LogP contribution < -0.4 is 0 Å². The first kappa shape index (κ1) is 16.1. The first-order chi connectivity index (χ1) is 10.2. The highest BCUT2D eigenvalue weighted by Gasteiger charge is 2.14. The molecule has 2 nitrogen and oxygen atoms in total. The average Bonchev–Trinajstić information content (AvgIpc) is 2.50. The van der Waals surface area contributed by atoms with Gasteiger partial charge in [0, 0.05) is 23.4 Å². The van der Waals surface area contributed by atoms with Gasteiger partial charge >= 0.3 is 0 Å². The zero-order chi connectivity index (χ0) is 15.1. The summed E-state index contributed by atoms with van der Waals surface area (Å²) < 4.78 is 0. The molecular formula is C17H17BrClNO. The van der Waals surface area contributed by atoms with Crippen LogP contribution in [0.25, 0.3) is 0 Å². The van der Waals surface area contributed by atoms with E-state index >= 15 is 0 Å². The van der Waals surface area contributed by atoms with Gasteiger partial charge in [-0.1, -0.05) is 70.0 Å². The van der Waals surface area contributed by atoms with Crippen molar-refractivity contribution in [3.63, 3.8) is 0 Å². The maximum Gasteiger partial charge on any atom is 0.227 e. The standard InChI is InChI=1S/C17H17BrClNO/c18-10-11-20(13-15-4-2-1-3-5-15)17(21)12-14-6-8-16(19)9-7-14/h1-9H,10-13H2. The molecule has 0 aliphatic rings. The van der Waals surface area contributed by atoms with Gasteiger partial charge in [-0.15, -0.1) is 0 Å². The fourth-order valence-corrected chi connectivity index (χ4v) is 2.64. The Hall–Kier alpha value is -1.32. The second-order valence-corrected chi connectivity index (χ2v) is 6.02. The molecule has 0 spiro atoms. The summed E-state index contributed by atoms with van der Waals surface area (Å²) in [6.07, 6.45) is 0.400. The van der Waals surface area contributed by atoms with Crippen LogP contribution in [0.15, 0.2) is 54.6 Å². The lowest BCUT2D eigenvalue weighted by Crippen LogP contribution is -2.33. The van der Waals surface area contributed by atoms with Gasteiger partial charge in [-0.25, -0.2) is 0 Å². The van der Waals surface area contributed by atoms with Crippen molar-refractivity contribution in [1.29, 1.82) is 0 Å². The van der Waals surface area contributed by atoms with Crippen molar-refractivity contribution in [3.05, 3.63) is 70.7 Å². The third-order valence-corrected chi connectivity index (χ3v) is 3.80. The molecule has 0 bridgehead atoms. The van der Waals surface area contributed by atoms with E-state index in [1.807, 2.05) is 59.5 Å². The summed E-state index contributed by atoms with van der Waals surface area (Å²) in [5.41, 5.74) is 2.12. The van der Waals surface area contributed by atoms with Crippen molar-refractivity contribution in [1.82, 2.24) is 4.90 Å². The largest absolute Gasteiger partial charge is 0.337 e. The number of carbonyl (C=O) groups excluding carboxylic acids is 1. The molecule has 0 aliphatic carbocycles. The van der Waals surface area contributed by atoms with E-state index < -0.39 is 0 Å². The van der Waals surface area contributed by atoms with E-state index in [1.165, 1.54) is 0 Å². The molecule has 0 fully saturated rings. The molecule has 0 saturated heterocycles. The second-order valence-electron chi connectivity index (χ2n) is 4.79. The van der Waals surface area contributed by atoms with Crippen LogP contribution in [0.5, 0.6) is 0 Å². The third kappa shape index (κ3) is 5.18. The quantitative estimate of drug-likeness (QED) is 0.698. The predicted octanol–water partition coefficient (Wildman–Crippen LogP) is 4.31. The summed E-state index contributed by atoms with van der Waals surface area (Å²) in [6, 6.07) is 17.5. The molecule has 0 saturated carbocycles. The Kier molecular flexibility index (Phi) is 6.27. The van der Waals surface area contributed by atoms with Gasteiger partial charge in [-0.2, -0.15) is 0 Å². The van der Waals surface area contributed by atoms with Crippen molar-refractivity contribution in [3.8, 4) is 0 Å². The number of nitrogens with zero attached hydrogens (tertiary/aromatic N) is 1. The van der Waals surface area contributed by atoms with Crippen molar-refractivity contribution in [2.45, 2.75) is 13.0 Å². The number of carbonyl (C=O) groups is 1. The number of halogens is 2. The lowest BCUT2D eigenvalue weighted by molar-refractivity contribution is -0.130. The lowest BCUT2D eigenvalue weighted by Gasteiger charge is -2.22. The second kappa shape index (κ2) is 8.20. The van der Waals surface area contributed by atoms with Crippen molar-refractivity contribution >= 4 is 33.4 Å². The summed E-state index contributed by atoms with van der Waals surface area (Å²) in [5, 5.41) is 1.46. The van der Waals surface area contributed by atoms with E-state index in [-0.39, 0.29) is 5.91 Å². The molecule has 4 heteroatoms. The monoisotopic (exact) mass is 365 g/mol. The van der Waals surface area contributed by atoms with Gasteiger partial charge in [-0.3, -0.25) is 4.79 Å². The molecule has 0 atom stereocenters. The fraction of sp³-hybridized carbons (Fsp3) is 0.235. The Morgan fingerprint density at radius 1 is 1.00 bits per heavy atom. The third-order valence-electron chi connectivity index (χ3n) is 3.19. The van der Waals surface area contributed by atoms with Gasteiger partial charge in [0.25, 0.3) is 0 Å². The lowest BCUT2D eigenvalue weighted by atomic mass is 10.1. The molecule has 0 radical (unpaired) electrons. The van der Waals surface area contributed by atoms with E-state index in [1.54, 1.807) is 0 Å². The zero-order valence-corrected chi connectivity index (χ0v) is 14.0. The maximum atomic E-state index is 12.5. The highest BCUT2D eigenvalue weighted by molar-refractivity contribution is 9.09. The van der Waals surface area contributed by atoms with E-state index in [0.29, 0.717) is 24.5 Å². The van der Waals surface area contributed by atoms with Crippen molar-refractivity contribution < 1.29 is 4.79 Å². The zero-order valence-electron chi connectivity index (χ0n) is 11.6. The molecule has 110 valence electrons. The van der Waals surface area contributed by atoms with Crippen molar-refractivity contribution in [2.75, 3.05) is 11.9 Å². The van der Waals surface area contributed by atoms with Crippen LogP contribution in [0, 0.1) is 0 Å². The first-order valence-corrected chi connectivity index (χ1v) is 8.31. The Morgan fingerprint density at radius 3 is 2.29 bits per heavy atom. The van der Waals surface area contributed by atoms with Gasteiger partial charge < -0.3 is 4.90 Å². The summed E-state index contributed by atoms with van der Waals surface area (Å²) in [5.74, 6) is 0.126.